The van der Waals surface area contributed by atoms with Crippen LogP contribution in [0.1, 0.15) is 18.1 Å². The summed E-state index contributed by atoms with van der Waals surface area (Å²) in [4.78, 5) is 29.4. The Hall–Kier alpha value is -4.34. The topological polar surface area (TPSA) is 96.0 Å². The molecule has 0 fully saturated rings. The van der Waals surface area contributed by atoms with Crippen LogP contribution in [0, 0.1) is 0 Å². The van der Waals surface area contributed by atoms with Gasteiger partial charge in [0.2, 0.25) is 11.8 Å². The number of hydrogen-bond donors (Lipinski definition) is 1. The van der Waals surface area contributed by atoms with Crippen molar-refractivity contribution in [1.82, 2.24) is 10.2 Å². The summed E-state index contributed by atoms with van der Waals surface area (Å²) in [6.07, 6.45) is 0.227. The maximum absolute atomic E-state index is 14.4. The summed E-state index contributed by atoms with van der Waals surface area (Å²) in [5, 5.41) is 3.17. The number of likely N-dealkylation sites (N-methyl/N-ethyl adjacent to an activating group) is 1. The molecule has 4 aromatic carbocycles. The highest BCUT2D eigenvalue weighted by Crippen LogP contribution is 2.27. The lowest BCUT2D eigenvalue weighted by atomic mass is 10.0. The second-order valence-electron chi connectivity index (χ2n) is 9.78. The molecule has 0 aliphatic carbocycles. The lowest BCUT2D eigenvalue weighted by Gasteiger charge is -2.34. The number of ether oxygens (including phenoxy) is 1. The molecule has 0 heterocycles. The third-order valence-corrected chi connectivity index (χ3v) is 8.84. The molecule has 2 amide bonds. The van der Waals surface area contributed by atoms with E-state index in [2.05, 4.69) is 5.32 Å². The fraction of sp³-hybridized carbons (Fsp3) is 0.212. The summed E-state index contributed by atoms with van der Waals surface area (Å²) in [7, 11) is -2.64. The van der Waals surface area contributed by atoms with Crippen molar-refractivity contribution in [3.8, 4) is 5.75 Å². The lowest BCUT2D eigenvalue weighted by molar-refractivity contribution is -0.140. The van der Waals surface area contributed by atoms with E-state index in [0.29, 0.717) is 17.3 Å². The van der Waals surface area contributed by atoms with Crippen LogP contribution in [-0.4, -0.2) is 51.4 Å². The molecule has 43 heavy (non-hydrogen) atoms. The van der Waals surface area contributed by atoms with Gasteiger partial charge in [-0.2, -0.15) is 0 Å². The Kier molecular flexibility index (Phi) is 10.8. The molecule has 0 bridgehead atoms. The zero-order valence-corrected chi connectivity index (χ0v) is 25.6. The molecule has 0 saturated heterocycles. The smallest absolute Gasteiger partial charge is 0.264 e. The number of amides is 2. The Bertz CT molecular complexity index is 1630. The quantitative estimate of drug-likeness (QED) is 0.219. The summed E-state index contributed by atoms with van der Waals surface area (Å²) in [6.45, 7) is 1.65. The second kappa shape index (κ2) is 14.7. The molecule has 10 heteroatoms. The van der Waals surface area contributed by atoms with Gasteiger partial charge in [0, 0.05) is 24.5 Å². The van der Waals surface area contributed by atoms with Crippen LogP contribution in [0.5, 0.6) is 5.75 Å². The first kappa shape index (κ1) is 31.6. The summed E-state index contributed by atoms with van der Waals surface area (Å²) >= 11 is 6.26. The van der Waals surface area contributed by atoms with Crippen LogP contribution in [0.4, 0.5) is 5.69 Å². The van der Waals surface area contributed by atoms with Gasteiger partial charge >= 0.3 is 0 Å². The highest BCUT2D eigenvalue weighted by molar-refractivity contribution is 7.92. The molecule has 0 spiro atoms. The molecular weight excluding hydrogens is 586 g/mol. The summed E-state index contributed by atoms with van der Waals surface area (Å²) in [5.41, 5.74) is 1.80. The minimum atomic E-state index is -4.19. The third kappa shape index (κ3) is 8.15. The number of benzene rings is 4. The number of carbonyl (C=O) groups is 2. The van der Waals surface area contributed by atoms with Crippen LogP contribution >= 0.6 is 11.6 Å². The zero-order valence-electron chi connectivity index (χ0n) is 24.0. The molecular formula is C33H34ClN3O5S. The van der Waals surface area contributed by atoms with Crippen molar-refractivity contribution in [2.75, 3.05) is 24.5 Å². The predicted octanol–water partition coefficient (Wildman–Crippen LogP) is 5.32. The maximum atomic E-state index is 14.4. The molecule has 224 valence electrons. The average Bonchev–Trinajstić information content (AvgIpc) is 3.02. The molecule has 4 aromatic rings. The van der Waals surface area contributed by atoms with Gasteiger partial charge in [-0.25, -0.2) is 8.42 Å². The number of anilines is 1. The van der Waals surface area contributed by atoms with Crippen molar-refractivity contribution in [3.63, 3.8) is 0 Å². The summed E-state index contributed by atoms with van der Waals surface area (Å²) < 4.78 is 34.3. The number of hydrogen-bond acceptors (Lipinski definition) is 5. The van der Waals surface area contributed by atoms with Gasteiger partial charge in [0.25, 0.3) is 10.0 Å². The molecule has 0 aromatic heterocycles. The Labute approximate surface area is 257 Å². The van der Waals surface area contributed by atoms with Gasteiger partial charge in [-0.05, 0) is 60.5 Å². The number of carbonyl (C=O) groups excluding carboxylic acids is 2. The lowest BCUT2D eigenvalue weighted by Crippen LogP contribution is -2.53. The number of sulfonamides is 1. The Morgan fingerprint density at radius 1 is 0.860 bits per heavy atom. The van der Waals surface area contributed by atoms with Crippen LogP contribution in [-0.2, 0) is 32.6 Å². The van der Waals surface area contributed by atoms with Crippen molar-refractivity contribution < 1.29 is 22.7 Å². The minimum Gasteiger partial charge on any atom is -0.497 e. The van der Waals surface area contributed by atoms with Crippen LogP contribution < -0.4 is 14.4 Å². The van der Waals surface area contributed by atoms with E-state index in [-0.39, 0.29) is 29.5 Å². The van der Waals surface area contributed by atoms with E-state index < -0.39 is 28.5 Å². The molecule has 0 aliphatic heterocycles. The van der Waals surface area contributed by atoms with Crippen molar-refractivity contribution in [3.05, 3.63) is 125 Å². The maximum Gasteiger partial charge on any atom is 0.264 e. The molecule has 0 saturated carbocycles. The summed E-state index contributed by atoms with van der Waals surface area (Å²) in [6, 6.07) is 29.9. The van der Waals surface area contributed by atoms with Gasteiger partial charge in [-0.1, -0.05) is 78.3 Å². The SMILES string of the molecule is CCNC(=O)[C@H](Cc1ccccc1)N(Cc1cccc(OC)c1)C(=O)CN(c1cccc(Cl)c1)S(=O)(=O)c1ccccc1. The number of methoxy groups -OCH3 is 1. The normalized spacial score (nSPS) is 11.8. The van der Waals surface area contributed by atoms with E-state index in [1.165, 1.54) is 23.1 Å². The predicted molar refractivity (Wildman–Crippen MR) is 169 cm³/mol. The van der Waals surface area contributed by atoms with E-state index in [0.717, 1.165) is 15.4 Å². The van der Waals surface area contributed by atoms with Crippen molar-refractivity contribution in [1.29, 1.82) is 0 Å². The van der Waals surface area contributed by atoms with Gasteiger partial charge in [-0.3, -0.25) is 13.9 Å². The first-order valence-electron chi connectivity index (χ1n) is 13.8. The highest BCUT2D eigenvalue weighted by atomic mass is 35.5. The fourth-order valence-electron chi connectivity index (χ4n) is 4.69. The van der Waals surface area contributed by atoms with E-state index in [9.17, 15) is 18.0 Å². The molecule has 0 aliphatic rings. The molecule has 1 N–H and O–H groups in total. The van der Waals surface area contributed by atoms with Gasteiger partial charge in [0.1, 0.15) is 18.3 Å². The standard InChI is InChI=1S/C33H34ClN3O5S/c1-3-35-33(39)31(21-25-12-6-4-7-13-25)36(23-26-14-10-17-29(20-26)42-2)32(38)24-37(28-16-11-15-27(34)22-28)43(40,41)30-18-8-5-9-19-30/h4-20,22,31H,3,21,23-24H2,1-2H3,(H,35,39)/t31-/m0/s1. The number of halogens is 1. The number of nitrogens with one attached hydrogen (secondary N) is 1. The van der Waals surface area contributed by atoms with E-state index in [4.69, 9.17) is 16.3 Å². The highest BCUT2D eigenvalue weighted by Gasteiger charge is 2.34. The van der Waals surface area contributed by atoms with E-state index in [1.54, 1.807) is 68.6 Å². The molecule has 4 rings (SSSR count). The van der Waals surface area contributed by atoms with Crippen molar-refractivity contribution in [2.24, 2.45) is 0 Å². The molecule has 0 unspecified atom stereocenters. The van der Waals surface area contributed by atoms with Crippen molar-refractivity contribution >= 4 is 39.1 Å². The fourth-order valence-corrected chi connectivity index (χ4v) is 6.30. The first-order valence-corrected chi connectivity index (χ1v) is 15.6. The van der Waals surface area contributed by atoms with Gasteiger partial charge < -0.3 is 15.0 Å². The third-order valence-electron chi connectivity index (χ3n) is 6.82. The number of rotatable bonds is 13. The van der Waals surface area contributed by atoms with E-state index in [1.807, 2.05) is 36.4 Å². The minimum absolute atomic E-state index is 0.0201. The van der Waals surface area contributed by atoms with Crippen LogP contribution in [0.25, 0.3) is 0 Å². The second-order valence-corrected chi connectivity index (χ2v) is 12.1. The Morgan fingerprint density at radius 3 is 2.16 bits per heavy atom. The first-order chi connectivity index (χ1) is 20.7. The molecule has 1 atom stereocenters. The Morgan fingerprint density at radius 2 is 1.51 bits per heavy atom. The van der Waals surface area contributed by atoms with Crippen molar-refractivity contribution in [2.45, 2.75) is 30.8 Å². The summed E-state index contributed by atoms with van der Waals surface area (Å²) in [5.74, 6) is -0.313. The van der Waals surface area contributed by atoms with Gasteiger partial charge in [0.15, 0.2) is 0 Å². The Balaban J connectivity index is 1.80. The van der Waals surface area contributed by atoms with Gasteiger partial charge in [-0.15, -0.1) is 0 Å². The van der Waals surface area contributed by atoms with Gasteiger partial charge in [0.05, 0.1) is 17.7 Å². The number of nitrogens with zero attached hydrogens (tertiary/aromatic N) is 2. The molecule has 8 nitrogen and oxygen atoms in total. The zero-order chi connectivity index (χ0) is 30.8. The largest absolute Gasteiger partial charge is 0.497 e. The van der Waals surface area contributed by atoms with Crippen LogP contribution in [0.3, 0.4) is 0 Å². The van der Waals surface area contributed by atoms with Crippen LogP contribution in [0.2, 0.25) is 5.02 Å². The average molecular weight is 620 g/mol. The monoisotopic (exact) mass is 619 g/mol. The van der Waals surface area contributed by atoms with E-state index >= 15 is 0 Å². The van der Waals surface area contributed by atoms with Crippen LogP contribution in [0.15, 0.2) is 114 Å². The molecule has 0 radical (unpaired) electrons.